The number of hydrogen-bond acceptors (Lipinski definition) is 8. The minimum atomic E-state index is -0.560. The second-order valence-corrected chi connectivity index (χ2v) is 9.19. The first-order valence-electron chi connectivity index (χ1n) is 9.87. The van der Waals surface area contributed by atoms with Gasteiger partial charge in [-0.1, -0.05) is 34.8 Å². The van der Waals surface area contributed by atoms with Crippen molar-refractivity contribution in [1.82, 2.24) is 4.90 Å². The summed E-state index contributed by atoms with van der Waals surface area (Å²) in [5.74, 6) is 0.0651. The number of ether oxygens (including phenoxy) is 4. The van der Waals surface area contributed by atoms with E-state index in [1.807, 2.05) is 0 Å². The predicted molar refractivity (Wildman–Crippen MR) is 128 cm³/mol. The number of carbonyl (C=O) groups is 3. The van der Waals surface area contributed by atoms with Crippen molar-refractivity contribution in [3.8, 4) is 17.2 Å². The molecular formula is C22H16Cl3NO7S. The van der Waals surface area contributed by atoms with Crippen molar-refractivity contribution < 1.29 is 33.3 Å². The van der Waals surface area contributed by atoms with E-state index in [1.54, 1.807) is 19.1 Å². The fourth-order valence-electron chi connectivity index (χ4n) is 3.17. The largest absolute Gasteiger partial charge is 0.479 e. The molecular weight excluding hydrogens is 529 g/mol. The van der Waals surface area contributed by atoms with Crippen LogP contribution in [0.5, 0.6) is 17.2 Å². The SMILES string of the molecule is CCOC(=O)COc1c(Cl)cc(/C=C2\SC(=O)N(Cc3cc4c(cc3Cl)OCO4)C2=O)cc1Cl. The van der Waals surface area contributed by atoms with Crippen LogP contribution in [-0.4, -0.2) is 42.0 Å². The summed E-state index contributed by atoms with van der Waals surface area (Å²) < 4.78 is 20.8. The molecule has 12 heteroatoms. The first-order valence-corrected chi connectivity index (χ1v) is 11.8. The second kappa shape index (κ2) is 10.4. The number of imide groups is 1. The molecule has 0 unspecified atom stereocenters. The summed E-state index contributed by atoms with van der Waals surface area (Å²) in [6.07, 6.45) is 1.50. The Morgan fingerprint density at radius 3 is 2.44 bits per heavy atom. The van der Waals surface area contributed by atoms with Gasteiger partial charge in [0.1, 0.15) is 0 Å². The number of nitrogens with zero attached hydrogens (tertiary/aromatic N) is 1. The number of rotatable bonds is 7. The highest BCUT2D eigenvalue weighted by Gasteiger charge is 2.36. The number of amides is 2. The van der Waals surface area contributed by atoms with Gasteiger partial charge >= 0.3 is 5.97 Å². The van der Waals surface area contributed by atoms with Crippen molar-refractivity contribution >= 4 is 69.8 Å². The lowest BCUT2D eigenvalue weighted by atomic mass is 10.1. The van der Waals surface area contributed by atoms with Crippen molar-refractivity contribution in [2.75, 3.05) is 20.0 Å². The molecule has 2 aliphatic rings. The summed E-state index contributed by atoms with van der Waals surface area (Å²) in [6.45, 7) is 1.60. The Morgan fingerprint density at radius 2 is 1.76 bits per heavy atom. The van der Waals surface area contributed by atoms with E-state index in [1.165, 1.54) is 18.2 Å². The average molecular weight is 545 g/mol. The Kier molecular flexibility index (Phi) is 7.47. The van der Waals surface area contributed by atoms with Crippen LogP contribution >= 0.6 is 46.6 Å². The average Bonchev–Trinajstić information content (AvgIpc) is 3.32. The lowest BCUT2D eigenvalue weighted by Crippen LogP contribution is -2.27. The van der Waals surface area contributed by atoms with Gasteiger partial charge in [-0.3, -0.25) is 14.5 Å². The summed E-state index contributed by atoms with van der Waals surface area (Å²) in [5.41, 5.74) is 1.02. The highest BCUT2D eigenvalue weighted by molar-refractivity contribution is 8.18. The molecule has 1 fully saturated rings. The first-order chi connectivity index (χ1) is 16.3. The molecule has 2 aromatic rings. The molecule has 2 aliphatic heterocycles. The summed E-state index contributed by atoms with van der Waals surface area (Å²) in [5, 5.41) is 0.171. The minimum absolute atomic E-state index is 0.0281. The quantitative estimate of drug-likeness (QED) is 0.331. The Morgan fingerprint density at radius 1 is 1.09 bits per heavy atom. The van der Waals surface area contributed by atoms with Gasteiger partial charge in [-0.15, -0.1) is 0 Å². The van der Waals surface area contributed by atoms with E-state index in [0.29, 0.717) is 27.6 Å². The monoisotopic (exact) mass is 543 g/mol. The third-order valence-corrected chi connectivity index (χ3v) is 6.52. The number of esters is 1. The Hall–Kier alpha value is -2.59. The van der Waals surface area contributed by atoms with Gasteiger partial charge in [0.25, 0.3) is 11.1 Å². The van der Waals surface area contributed by atoms with Crippen molar-refractivity contribution in [1.29, 1.82) is 0 Å². The van der Waals surface area contributed by atoms with Crippen molar-refractivity contribution in [2.45, 2.75) is 13.5 Å². The molecule has 34 heavy (non-hydrogen) atoms. The lowest BCUT2D eigenvalue weighted by molar-refractivity contribution is -0.145. The number of benzene rings is 2. The maximum atomic E-state index is 12.9. The molecule has 178 valence electrons. The molecule has 0 bridgehead atoms. The zero-order valence-corrected chi connectivity index (χ0v) is 20.6. The van der Waals surface area contributed by atoms with Gasteiger partial charge < -0.3 is 18.9 Å². The maximum Gasteiger partial charge on any atom is 0.344 e. The van der Waals surface area contributed by atoms with Crippen LogP contribution in [0, 0.1) is 0 Å². The zero-order chi connectivity index (χ0) is 24.4. The van der Waals surface area contributed by atoms with Crippen molar-refractivity contribution in [3.63, 3.8) is 0 Å². The van der Waals surface area contributed by atoms with Crippen LogP contribution in [0.25, 0.3) is 6.08 Å². The fourth-order valence-corrected chi connectivity index (χ4v) is 4.84. The van der Waals surface area contributed by atoms with E-state index in [2.05, 4.69) is 0 Å². The van der Waals surface area contributed by atoms with Crippen LogP contribution in [-0.2, 0) is 20.9 Å². The highest BCUT2D eigenvalue weighted by Crippen LogP contribution is 2.40. The number of fused-ring (bicyclic) bond motifs is 1. The number of carbonyl (C=O) groups excluding carboxylic acids is 3. The smallest absolute Gasteiger partial charge is 0.344 e. The maximum absolute atomic E-state index is 12.9. The minimum Gasteiger partial charge on any atom is -0.479 e. The van der Waals surface area contributed by atoms with Crippen LogP contribution in [0.15, 0.2) is 29.2 Å². The van der Waals surface area contributed by atoms with Crippen molar-refractivity contribution in [2.24, 2.45) is 0 Å². The Balaban J connectivity index is 1.50. The molecule has 4 rings (SSSR count). The van der Waals surface area contributed by atoms with E-state index in [0.717, 1.165) is 16.7 Å². The van der Waals surface area contributed by atoms with Gasteiger partial charge in [0.05, 0.1) is 28.1 Å². The molecule has 1 saturated heterocycles. The van der Waals surface area contributed by atoms with Gasteiger partial charge in [-0.25, -0.2) is 4.79 Å². The van der Waals surface area contributed by atoms with E-state index in [4.69, 9.17) is 53.8 Å². The molecule has 0 aliphatic carbocycles. The van der Waals surface area contributed by atoms with E-state index in [-0.39, 0.29) is 47.3 Å². The van der Waals surface area contributed by atoms with Crippen LogP contribution < -0.4 is 14.2 Å². The van der Waals surface area contributed by atoms with Gasteiger partial charge in [-0.05, 0) is 54.1 Å². The molecule has 2 amide bonds. The van der Waals surface area contributed by atoms with Crippen LogP contribution in [0.1, 0.15) is 18.1 Å². The second-order valence-electron chi connectivity index (χ2n) is 6.97. The zero-order valence-electron chi connectivity index (χ0n) is 17.6. The van der Waals surface area contributed by atoms with Gasteiger partial charge in [-0.2, -0.15) is 0 Å². The molecule has 8 nitrogen and oxygen atoms in total. The van der Waals surface area contributed by atoms with Crippen LogP contribution in [0.2, 0.25) is 15.1 Å². The van der Waals surface area contributed by atoms with Crippen LogP contribution in [0.4, 0.5) is 4.79 Å². The van der Waals surface area contributed by atoms with E-state index < -0.39 is 17.1 Å². The first kappa shape index (κ1) is 24.5. The molecule has 2 heterocycles. The van der Waals surface area contributed by atoms with E-state index in [9.17, 15) is 14.4 Å². The third-order valence-electron chi connectivity index (χ3n) is 4.70. The molecule has 0 atom stereocenters. The molecule has 0 saturated carbocycles. The lowest BCUT2D eigenvalue weighted by Gasteiger charge is -2.14. The summed E-state index contributed by atoms with van der Waals surface area (Å²) in [6, 6.07) is 6.25. The molecule has 0 spiro atoms. The number of thioether (sulfide) groups is 1. The third kappa shape index (κ3) is 5.22. The molecule has 0 radical (unpaired) electrons. The van der Waals surface area contributed by atoms with Gasteiger partial charge in [0, 0.05) is 11.1 Å². The predicted octanol–water partition coefficient (Wildman–Crippen LogP) is 5.55. The van der Waals surface area contributed by atoms with Gasteiger partial charge in [0.15, 0.2) is 23.9 Å². The van der Waals surface area contributed by atoms with Crippen molar-refractivity contribution in [3.05, 3.63) is 55.4 Å². The summed E-state index contributed by atoms with van der Waals surface area (Å²) in [4.78, 5) is 38.2. The number of hydrogen-bond donors (Lipinski definition) is 0. The Bertz CT molecular complexity index is 1190. The normalized spacial score (nSPS) is 15.9. The highest BCUT2D eigenvalue weighted by atomic mass is 35.5. The Labute approximate surface area is 213 Å². The molecule has 0 N–H and O–H groups in total. The standard InChI is InChI=1S/C22H16Cl3NO7S/c1-2-30-19(27)9-31-20-14(24)3-11(4-15(20)25)5-18-21(28)26(22(29)34-18)8-12-6-16-17(7-13(12)23)33-10-32-16/h3-7H,2,8-10H2,1H3/b18-5-. The summed E-state index contributed by atoms with van der Waals surface area (Å²) >= 11 is 19.6. The topological polar surface area (TPSA) is 91.4 Å². The number of halogens is 3. The van der Waals surface area contributed by atoms with Crippen LogP contribution in [0.3, 0.4) is 0 Å². The van der Waals surface area contributed by atoms with Gasteiger partial charge in [0.2, 0.25) is 6.79 Å². The fraction of sp³-hybridized carbons (Fsp3) is 0.227. The summed E-state index contributed by atoms with van der Waals surface area (Å²) in [7, 11) is 0. The van der Waals surface area contributed by atoms with E-state index >= 15 is 0 Å². The molecule has 0 aromatic heterocycles. The molecule has 2 aromatic carbocycles.